The topological polar surface area (TPSA) is 163 Å². The van der Waals surface area contributed by atoms with Crippen molar-refractivity contribution in [2.24, 2.45) is 0 Å². The van der Waals surface area contributed by atoms with Gasteiger partial charge in [0.15, 0.2) is 11.5 Å². The van der Waals surface area contributed by atoms with Gasteiger partial charge in [-0.2, -0.15) is 0 Å². The zero-order chi connectivity index (χ0) is 27.6. The van der Waals surface area contributed by atoms with Crippen LogP contribution >= 0.6 is 0 Å². The van der Waals surface area contributed by atoms with Gasteiger partial charge in [-0.15, -0.1) is 0 Å². The number of amides is 2. The van der Waals surface area contributed by atoms with E-state index in [4.69, 9.17) is 0 Å². The summed E-state index contributed by atoms with van der Waals surface area (Å²) >= 11 is 0. The van der Waals surface area contributed by atoms with Gasteiger partial charge in [-0.25, -0.2) is 0 Å². The van der Waals surface area contributed by atoms with E-state index in [1.807, 2.05) is 0 Å². The van der Waals surface area contributed by atoms with E-state index in [1.54, 1.807) is 24.3 Å². The van der Waals surface area contributed by atoms with Crippen LogP contribution in [0.3, 0.4) is 0 Å². The van der Waals surface area contributed by atoms with Gasteiger partial charge in [-0.3, -0.25) is 9.59 Å². The largest absolute Gasteiger partial charge is 0.504 e. The molecular weight excluding hydrogens is 488 g/mol. The summed E-state index contributed by atoms with van der Waals surface area (Å²) < 4.78 is 0. The minimum atomic E-state index is -0.896. The van der Waals surface area contributed by atoms with Crippen LogP contribution in [0.25, 0.3) is 0 Å². The molecule has 1 aromatic carbocycles. The van der Waals surface area contributed by atoms with Gasteiger partial charge in [-0.05, 0) is 88.0 Å². The second-order valence-electron chi connectivity index (χ2n) is 9.52. The molecule has 2 rings (SSSR count). The van der Waals surface area contributed by atoms with E-state index in [0.717, 1.165) is 63.0 Å². The molecular formula is C28H44N4O6. The molecule has 2 atom stereocenters. The van der Waals surface area contributed by atoms with Gasteiger partial charge in [-0.1, -0.05) is 24.3 Å². The molecule has 10 nitrogen and oxygen atoms in total. The van der Waals surface area contributed by atoms with Crippen LogP contribution < -0.4 is 21.3 Å². The molecule has 212 valence electrons. The average Bonchev–Trinajstić information content (AvgIpc) is 2.90. The van der Waals surface area contributed by atoms with Crippen molar-refractivity contribution < 1.29 is 30.0 Å². The number of aliphatic hydroxyl groups excluding tert-OH is 2. The Morgan fingerprint density at radius 1 is 0.711 bits per heavy atom. The first-order valence-corrected chi connectivity index (χ1v) is 13.6. The molecule has 1 aliphatic rings. The second-order valence-corrected chi connectivity index (χ2v) is 9.52. The van der Waals surface area contributed by atoms with Crippen LogP contribution in [0.1, 0.15) is 50.5 Å². The quantitative estimate of drug-likeness (QED) is 0.0966. The number of benzene rings is 1. The van der Waals surface area contributed by atoms with Crippen LogP contribution in [0.2, 0.25) is 0 Å². The van der Waals surface area contributed by atoms with E-state index in [2.05, 4.69) is 21.3 Å². The predicted octanol–water partition coefficient (Wildman–Crippen LogP) is 1.00. The lowest BCUT2D eigenvalue weighted by atomic mass is 9.99. The summed E-state index contributed by atoms with van der Waals surface area (Å²) in [5.74, 6) is -0.374. The fourth-order valence-electron chi connectivity index (χ4n) is 3.93. The number of hydrogen-bond acceptors (Lipinski definition) is 8. The fourth-order valence-corrected chi connectivity index (χ4v) is 3.93. The molecule has 0 saturated heterocycles. The fraction of sp³-hybridized carbons (Fsp3) is 0.571. The third-order valence-corrected chi connectivity index (χ3v) is 6.23. The van der Waals surface area contributed by atoms with Gasteiger partial charge in [0.05, 0.1) is 0 Å². The van der Waals surface area contributed by atoms with Crippen LogP contribution in [-0.4, -0.2) is 83.7 Å². The maximum absolute atomic E-state index is 11.9. The lowest BCUT2D eigenvalue weighted by Gasteiger charge is -2.17. The first-order chi connectivity index (χ1) is 18.3. The second kappa shape index (κ2) is 18.4. The smallest absolute Gasteiger partial charge is 0.220 e. The number of unbranched alkanes of at least 4 members (excludes halogenated alkanes) is 1. The molecule has 8 N–H and O–H groups in total. The van der Waals surface area contributed by atoms with Crippen molar-refractivity contribution in [3.8, 4) is 11.5 Å². The van der Waals surface area contributed by atoms with Gasteiger partial charge in [0.1, 0.15) is 12.2 Å². The Kier molecular flexibility index (Phi) is 15.1. The van der Waals surface area contributed by atoms with Crippen molar-refractivity contribution in [2.75, 3.05) is 39.3 Å². The summed E-state index contributed by atoms with van der Waals surface area (Å²) in [5.41, 5.74) is 1.67. The van der Waals surface area contributed by atoms with Crippen molar-refractivity contribution in [1.29, 1.82) is 0 Å². The summed E-state index contributed by atoms with van der Waals surface area (Å²) in [6.45, 7) is 4.79. The standard InChI is InChI=1S/C28H44N4O6/c33-23-9-5-21(19-25(23)35)7-11-27(37)31-17-3-15-29-13-1-2-14-30-16-4-18-32-28(38)12-8-22-6-10-24(34)26(36)20-22/h5-6,9-10,19-20,23,25,29-30,33-36H,1-4,7-8,11-18H2,(H,31,37)(H,32,38). The van der Waals surface area contributed by atoms with E-state index in [1.165, 1.54) is 12.1 Å². The zero-order valence-corrected chi connectivity index (χ0v) is 22.1. The Labute approximate surface area is 225 Å². The van der Waals surface area contributed by atoms with Crippen molar-refractivity contribution in [1.82, 2.24) is 21.3 Å². The van der Waals surface area contributed by atoms with E-state index in [-0.39, 0.29) is 23.3 Å². The van der Waals surface area contributed by atoms with E-state index < -0.39 is 12.2 Å². The van der Waals surface area contributed by atoms with Gasteiger partial charge < -0.3 is 41.7 Å². The summed E-state index contributed by atoms with van der Waals surface area (Å²) in [6, 6.07) is 4.59. The summed E-state index contributed by atoms with van der Waals surface area (Å²) in [6.07, 6.45) is 8.72. The van der Waals surface area contributed by atoms with E-state index in [0.29, 0.717) is 38.8 Å². The maximum Gasteiger partial charge on any atom is 0.220 e. The zero-order valence-electron chi connectivity index (χ0n) is 22.1. The van der Waals surface area contributed by atoms with E-state index >= 15 is 0 Å². The summed E-state index contributed by atoms with van der Waals surface area (Å²) in [4.78, 5) is 23.9. The highest BCUT2D eigenvalue weighted by Gasteiger charge is 2.15. The number of aryl methyl sites for hydroxylation is 1. The minimum absolute atomic E-state index is 0.0132. The van der Waals surface area contributed by atoms with Gasteiger partial charge in [0.25, 0.3) is 0 Å². The minimum Gasteiger partial charge on any atom is -0.504 e. The first kappa shape index (κ1) is 31.3. The maximum atomic E-state index is 11.9. The SMILES string of the molecule is O=C(CCC1=CC(O)C(O)C=C1)NCCCNCCCCNCCCNC(=O)CCc1ccc(O)c(O)c1. The third-order valence-electron chi connectivity index (χ3n) is 6.23. The molecule has 0 aromatic heterocycles. The number of rotatable bonds is 19. The Hall–Kier alpha value is -2.92. The van der Waals surface area contributed by atoms with Crippen molar-refractivity contribution in [2.45, 2.75) is 63.6 Å². The number of aromatic hydroxyl groups is 2. The van der Waals surface area contributed by atoms with Crippen molar-refractivity contribution in [3.05, 3.63) is 47.6 Å². The number of nitrogens with one attached hydrogen (secondary N) is 4. The number of aliphatic hydroxyl groups is 2. The lowest BCUT2D eigenvalue weighted by Crippen LogP contribution is -2.28. The highest BCUT2D eigenvalue weighted by molar-refractivity contribution is 5.76. The summed E-state index contributed by atoms with van der Waals surface area (Å²) in [7, 11) is 0. The molecule has 0 spiro atoms. The van der Waals surface area contributed by atoms with Crippen LogP contribution in [0.5, 0.6) is 11.5 Å². The molecule has 1 aromatic rings. The number of phenols is 2. The molecule has 2 unspecified atom stereocenters. The van der Waals surface area contributed by atoms with Gasteiger partial charge >= 0.3 is 0 Å². The average molecular weight is 533 g/mol. The number of carbonyl (C=O) groups is 2. The molecule has 0 saturated carbocycles. The Balaban J connectivity index is 1.31. The molecule has 1 aliphatic carbocycles. The summed E-state index contributed by atoms with van der Waals surface area (Å²) in [5, 5.41) is 50.4. The number of allylic oxidation sites excluding steroid dienone is 2. The highest BCUT2D eigenvalue weighted by atomic mass is 16.3. The van der Waals surface area contributed by atoms with Crippen molar-refractivity contribution in [3.63, 3.8) is 0 Å². The lowest BCUT2D eigenvalue weighted by molar-refractivity contribution is -0.121. The monoisotopic (exact) mass is 532 g/mol. The Morgan fingerprint density at radius 3 is 1.87 bits per heavy atom. The first-order valence-electron chi connectivity index (χ1n) is 13.6. The number of phenolic OH excluding ortho intramolecular Hbond substituents is 2. The highest BCUT2D eigenvalue weighted by Crippen LogP contribution is 2.25. The molecule has 0 aliphatic heterocycles. The molecule has 38 heavy (non-hydrogen) atoms. The van der Waals surface area contributed by atoms with Crippen LogP contribution in [-0.2, 0) is 16.0 Å². The number of carbonyl (C=O) groups excluding carboxylic acids is 2. The molecule has 0 heterocycles. The van der Waals surface area contributed by atoms with Crippen LogP contribution in [0, 0.1) is 0 Å². The normalized spacial score (nSPS) is 16.7. The molecule has 0 fully saturated rings. The van der Waals surface area contributed by atoms with Crippen molar-refractivity contribution >= 4 is 11.8 Å². The predicted molar refractivity (Wildman–Crippen MR) is 147 cm³/mol. The molecule has 0 bridgehead atoms. The van der Waals surface area contributed by atoms with Crippen LogP contribution in [0.4, 0.5) is 0 Å². The molecule has 2 amide bonds. The number of hydrogen-bond donors (Lipinski definition) is 8. The molecule has 0 radical (unpaired) electrons. The van der Waals surface area contributed by atoms with Crippen LogP contribution in [0.15, 0.2) is 42.0 Å². The van der Waals surface area contributed by atoms with E-state index in [9.17, 15) is 30.0 Å². The third kappa shape index (κ3) is 13.6. The van der Waals surface area contributed by atoms with Gasteiger partial charge in [0.2, 0.25) is 11.8 Å². The Bertz CT molecular complexity index is 921. The molecule has 10 heteroatoms. The van der Waals surface area contributed by atoms with Gasteiger partial charge in [0, 0.05) is 25.9 Å². The Morgan fingerprint density at radius 2 is 1.29 bits per heavy atom.